The van der Waals surface area contributed by atoms with Gasteiger partial charge in [-0.05, 0) is 39.3 Å². The summed E-state index contributed by atoms with van der Waals surface area (Å²) in [5, 5.41) is 64.2. The Morgan fingerprint density at radius 3 is 1.69 bits per heavy atom. The minimum Gasteiger partial charge on any atom is -0.480 e. The molecule has 16 nitrogen and oxygen atoms in total. The fourth-order valence-corrected chi connectivity index (χ4v) is 2.17. The second-order valence-corrected chi connectivity index (χ2v) is 7.48. The van der Waals surface area contributed by atoms with Crippen LogP contribution in [0.4, 0.5) is 0 Å². The lowest BCUT2D eigenvalue weighted by atomic mass is 10.0. The van der Waals surface area contributed by atoms with Crippen molar-refractivity contribution in [3.05, 3.63) is 0 Å². The number of aliphatic carboxylic acids is 2. The summed E-state index contributed by atoms with van der Waals surface area (Å²) in [4.78, 5) is 24.0. The molecule has 0 aromatic heterocycles. The summed E-state index contributed by atoms with van der Waals surface area (Å²) in [5.41, 5.74) is 25.7. The Morgan fingerprint density at radius 2 is 1.31 bits per heavy atom. The normalized spacial score (nSPS) is 15.6. The summed E-state index contributed by atoms with van der Waals surface area (Å²) in [6, 6.07) is -1.54. The van der Waals surface area contributed by atoms with Crippen molar-refractivity contribution in [2.45, 2.75) is 68.6 Å². The van der Waals surface area contributed by atoms with Crippen LogP contribution in [0.15, 0.2) is 4.99 Å². The molecule has 16 heteroatoms. The van der Waals surface area contributed by atoms with Crippen LogP contribution in [-0.2, 0) is 9.59 Å². The molecule has 0 saturated heterocycles. The molecule has 0 bridgehead atoms. The van der Waals surface area contributed by atoms with E-state index >= 15 is 0 Å². The van der Waals surface area contributed by atoms with E-state index in [1.807, 2.05) is 0 Å². The van der Waals surface area contributed by atoms with Crippen molar-refractivity contribution in [2.24, 2.45) is 33.7 Å². The minimum absolute atomic E-state index is 0.0129. The smallest absolute Gasteiger partial charge is 0.320 e. The van der Waals surface area contributed by atoms with Crippen molar-refractivity contribution in [1.29, 1.82) is 0 Å². The van der Waals surface area contributed by atoms with E-state index in [4.69, 9.17) is 59.3 Å². The summed E-state index contributed by atoms with van der Waals surface area (Å²) in [6.45, 7) is 0.455. The van der Waals surface area contributed by atoms with Gasteiger partial charge in [-0.3, -0.25) is 14.6 Å². The highest BCUT2D eigenvalue weighted by molar-refractivity contribution is 5.75. The van der Waals surface area contributed by atoms with Gasteiger partial charge in [-0.2, -0.15) is 0 Å². The average Bonchev–Trinajstić information content (AvgIpc) is 2.80. The number of guanidine groups is 1. The van der Waals surface area contributed by atoms with E-state index in [-0.39, 0.29) is 12.5 Å². The molecule has 6 atom stereocenters. The van der Waals surface area contributed by atoms with Gasteiger partial charge < -0.3 is 69.7 Å². The summed E-state index contributed by atoms with van der Waals surface area (Å²) in [7, 11) is 1.57. The van der Waals surface area contributed by atoms with Crippen LogP contribution in [0.3, 0.4) is 0 Å². The number of rotatable bonds is 16. The van der Waals surface area contributed by atoms with Gasteiger partial charge >= 0.3 is 11.9 Å². The number of nitrogens with zero attached hydrogens (tertiary/aromatic N) is 1. The topological polar surface area (TPSA) is 330 Å². The molecule has 0 aromatic rings. The second-order valence-electron chi connectivity index (χ2n) is 7.48. The maximum Gasteiger partial charge on any atom is 0.320 e. The molecule has 0 radical (unpaired) electrons. The van der Waals surface area contributed by atoms with Crippen molar-refractivity contribution < 1.29 is 45.3 Å². The van der Waals surface area contributed by atoms with Gasteiger partial charge in [-0.15, -0.1) is 0 Å². The first kappa shape index (κ1) is 37.4. The van der Waals surface area contributed by atoms with E-state index in [0.717, 1.165) is 12.8 Å². The maximum absolute atomic E-state index is 10.2. The van der Waals surface area contributed by atoms with Gasteiger partial charge in [0.1, 0.15) is 30.4 Å². The van der Waals surface area contributed by atoms with Crippen LogP contribution in [0.2, 0.25) is 0 Å². The second kappa shape index (κ2) is 23.6. The van der Waals surface area contributed by atoms with Gasteiger partial charge in [0.25, 0.3) is 0 Å². The van der Waals surface area contributed by atoms with Crippen molar-refractivity contribution >= 4 is 17.9 Å². The van der Waals surface area contributed by atoms with Crippen LogP contribution in [-0.4, -0.2) is 123 Å². The Kier molecular flexibility index (Phi) is 25.2. The van der Waals surface area contributed by atoms with Crippen LogP contribution < -0.4 is 34.0 Å². The van der Waals surface area contributed by atoms with E-state index in [0.29, 0.717) is 32.4 Å². The number of aliphatic hydroxyl groups is 5. The van der Waals surface area contributed by atoms with E-state index in [1.165, 1.54) is 0 Å². The Bertz CT molecular complexity index is 569. The molecule has 18 N–H and O–H groups in total. The number of hydrogen-bond acceptors (Lipinski definition) is 12. The number of aliphatic hydroxyl groups excluding tert-OH is 5. The Morgan fingerprint density at radius 1 is 0.857 bits per heavy atom. The summed E-state index contributed by atoms with van der Waals surface area (Å²) in [5.74, 6) is -1.92. The molecule has 0 spiro atoms. The molecule has 0 aliphatic carbocycles. The summed E-state index contributed by atoms with van der Waals surface area (Å²) < 4.78 is 0. The highest BCUT2D eigenvalue weighted by Gasteiger charge is 2.29. The Balaban J connectivity index is -0.000000443. The zero-order chi connectivity index (χ0) is 28.0. The van der Waals surface area contributed by atoms with Crippen LogP contribution in [0, 0.1) is 0 Å². The molecule has 0 saturated carbocycles. The van der Waals surface area contributed by atoms with Gasteiger partial charge in [0.15, 0.2) is 5.96 Å². The largest absolute Gasteiger partial charge is 0.480 e. The SMILES string of the molecule is CNC[C@H](O)[C@@H](O)[C@H](O)[C@H](O)CO.NC(N)=NCCCC(N)C(=O)O.NCCCC[C@H](N)C(=O)O. The molecule has 35 heavy (non-hydrogen) atoms. The number of carboxylic acid groups (broad SMARTS) is 2. The van der Waals surface area contributed by atoms with E-state index in [1.54, 1.807) is 7.05 Å². The van der Waals surface area contributed by atoms with Crippen LogP contribution >= 0.6 is 0 Å². The third kappa shape index (κ3) is 23.4. The third-order valence-corrected chi connectivity index (χ3v) is 4.31. The van der Waals surface area contributed by atoms with Gasteiger partial charge in [0.05, 0.1) is 12.7 Å². The molecular weight excluding hydrogens is 470 g/mol. The van der Waals surface area contributed by atoms with E-state index in [9.17, 15) is 14.7 Å². The van der Waals surface area contributed by atoms with Crippen LogP contribution in [0.1, 0.15) is 32.1 Å². The predicted molar refractivity (Wildman–Crippen MR) is 129 cm³/mol. The Labute approximate surface area is 204 Å². The van der Waals surface area contributed by atoms with Crippen LogP contribution in [0.25, 0.3) is 0 Å². The molecule has 0 aromatic carbocycles. The van der Waals surface area contributed by atoms with E-state index in [2.05, 4.69) is 10.3 Å². The van der Waals surface area contributed by atoms with Gasteiger partial charge in [-0.25, -0.2) is 0 Å². The number of hydrogen-bond donors (Lipinski definition) is 13. The molecule has 0 rings (SSSR count). The monoisotopic (exact) mass is 515 g/mol. The predicted octanol–water partition coefficient (Wildman–Crippen LogP) is -5.38. The Hall–Kier alpha value is -2.15. The van der Waals surface area contributed by atoms with Crippen molar-refractivity contribution in [2.75, 3.05) is 33.3 Å². The summed E-state index contributed by atoms with van der Waals surface area (Å²) >= 11 is 0. The molecular formula is C19H45N7O9. The highest BCUT2D eigenvalue weighted by atomic mass is 16.4. The molecule has 0 fully saturated rings. The third-order valence-electron chi connectivity index (χ3n) is 4.31. The average molecular weight is 516 g/mol. The first-order chi connectivity index (χ1) is 16.3. The lowest BCUT2D eigenvalue weighted by Crippen LogP contribution is -2.48. The molecule has 0 amide bonds. The van der Waals surface area contributed by atoms with Crippen molar-refractivity contribution in [1.82, 2.24) is 5.32 Å². The zero-order valence-corrected chi connectivity index (χ0v) is 20.1. The number of nitrogens with one attached hydrogen (secondary N) is 1. The van der Waals surface area contributed by atoms with Crippen LogP contribution in [0.5, 0.6) is 0 Å². The fraction of sp³-hybridized carbons (Fsp3) is 0.842. The number of aliphatic imine (C=N–C) groups is 1. The molecule has 1 unspecified atom stereocenters. The first-order valence-corrected chi connectivity index (χ1v) is 11.0. The quantitative estimate of drug-likeness (QED) is 0.0518. The number of likely N-dealkylation sites (N-methyl/N-ethyl adjacent to an activating group) is 1. The number of carboxylic acids is 2. The number of unbranched alkanes of at least 4 members (excludes halogenated alkanes) is 1. The number of carbonyl (C=O) groups is 2. The standard InChI is InChI=1S/C7H17NO5.C6H14N4O2.C6H14N2O2/c1-8-2-4(10)6(12)7(13)5(11)3-9;7-4(5(11)12)2-1-3-10-6(8)9;7-4-2-1-3-5(8)6(9)10/h4-13H,2-3H2,1H3;4H,1-3,7H2,(H,11,12)(H4,8,9,10);5H,1-4,7-8H2,(H,9,10)/t4-,5+,6+,7+;;5-/m0.0/s1. The molecule has 210 valence electrons. The lowest BCUT2D eigenvalue weighted by molar-refractivity contribution is -0.139. The highest BCUT2D eigenvalue weighted by Crippen LogP contribution is 2.04. The molecule has 0 heterocycles. The number of nitrogens with two attached hydrogens (primary N) is 5. The van der Waals surface area contributed by atoms with Crippen molar-refractivity contribution in [3.8, 4) is 0 Å². The van der Waals surface area contributed by atoms with Gasteiger partial charge in [0, 0.05) is 13.1 Å². The van der Waals surface area contributed by atoms with E-state index < -0.39 is 55.0 Å². The van der Waals surface area contributed by atoms with Gasteiger partial charge in [0.2, 0.25) is 0 Å². The van der Waals surface area contributed by atoms with Crippen molar-refractivity contribution in [3.63, 3.8) is 0 Å². The maximum atomic E-state index is 10.2. The molecule has 0 aliphatic rings. The summed E-state index contributed by atoms with van der Waals surface area (Å²) in [6.07, 6.45) is -2.53. The van der Waals surface area contributed by atoms with Gasteiger partial charge in [-0.1, -0.05) is 6.42 Å². The molecule has 0 aliphatic heterocycles. The fourth-order valence-electron chi connectivity index (χ4n) is 2.17. The zero-order valence-electron chi connectivity index (χ0n) is 20.1. The lowest BCUT2D eigenvalue weighted by Gasteiger charge is -2.25. The first-order valence-electron chi connectivity index (χ1n) is 11.0. The minimum atomic E-state index is -1.55.